The quantitative estimate of drug-likeness (QED) is 0.127. The second kappa shape index (κ2) is 18.5. The topological polar surface area (TPSA) is 16.3 Å². The van der Waals surface area contributed by atoms with Gasteiger partial charge in [0.15, 0.2) is 0 Å². The van der Waals surface area contributed by atoms with E-state index in [1.807, 2.05) is 0 Å². The van der Waals surface area contributed by atoms with Crippen LogP contribution in [0, 0.1) is 0 Å². The predicted octanol–water partition coefficient (Wildman–Crippen LogP) is 21.1. The molecule has 0 saturated carbocycles. The van der Waals surface area contributed by atoms with Crippen LogP contribution in [0.3, 0.4) is 0 Å². The minimum absolute atomic E-state index is 1.09. The van der Waals surface area contributed by atoms with Gasteiger partial charge in [0.2, 0.25) is 0 Å². The summed E-state index contributed by atoms with van der Waals surface area (Å²) in [4.78, 5) is 4.90. The zero-order chi connectivity index (χ0) is 52.7. The summed E-state index contributed by atoms with van der Waals surface area (Å²) in [6.07, 6.45) is 0. The minimum atomic E-state index is 1.09. The van der Waals surface area contributed by atoms with Crippen LogP contribution in [0.4, 0.5) is 34.1 Å². The van der Waals surface area contributed by atoms with E-state index in [-0.39, 0.29) is 0 Å². The van der Waals surface area contributed by atoms with E-state index in [0.29, 0.717) is 0 Å². The zero-order valence-electron chi connectivity index (χ0n) is 43.7. The number of aromatic nitrogens is 2. The zero-order valence-corrected chi connectivity index (χ0v) is 43.7. The molecule has 4 heteroatoms. The molecule has 0 fully saturated rings. The molecule has 0 aliphatic heterocycles. The molecule has 0 bridgehead atoms. The van der Waals surface area contributed by atoms with Gasteiger partial charge in [-0.2, -0.15) is 0 Å². The molecular weight excluding hydrogens is 969 g/mol. The molecule has 80 heavy (non-hydrogen) atoms. The van der Waals surface area contributed by atoms with Crippen LogP contribution in [0.25, 0.3) is 110 Å². The average molecular weight is 1020 g/mol. The Morgan fingerprint density at radius 3 is 0.863 bits per heavy atom. The van der Waals surface area contributed by atoms with Gasteiger partial charge in [0.25, 0.3) is 0 Å². The number of para-hydroxylation sites is 8. The van der Waals surface area contributed by atoms with Gasteiger partial charge in [-0.05, 0) is 142 Å². The van der Waals surface area contributed by atoms with Gasteiger partial charge in [0, 0.05) is 77.2 Å². The first-order valence-electron chi connectivity index (χ1n) is 27.5. The number of nitrogens with zero attached hydrogens (tertiary/aromatic N) is 4. The van der Waals surface area contributed by atoms with Crippen molar-refractivity contribution in [2.75, 3.05) is 9.80 Å². The highest BCUT2D eigenvalue weighted by Gasteiger charge is 2.27. The van der Waals surface area contributed by atoms with Crippen molar-refractivity contribution < 1.29 is 0 Å². The Morgan fingerprint density at radius 1 is 0.212 bits per heavy atom. The molecule has 4 nitrogen and oxygen atoms in total. The van der Waals surface area contributed by atoms with E-state index >= 15 is 0 Å². The summed E-state index contributed by atoms with van der Waals surface area (Å²) in [5.41, 5.74) is 18.1. The standard InChI is InChI=1S/C76H50N4/c1-7-23-53(24-8-1)77(54-25-9-2-10-26-54)73-49-67(51-39-41-61-59-35-19-21-37-69(59)79(71(61)47-51)57-31-15-5-16-32-57)63-44-46-66-74(78(55-27-11-3-12-28-55)56-29-13-4-14-30-56)50-68(64-43-45-65(73)75(63)76(64)66)52-40-42-62-60-36-20-22-38-70(60)80(72(62)48-52)58-33-17-6-18-34-58/h1-50H. The first-order chi connectivity index (χ1) is 39.7. The number of benzene rings is 14. The summed E-state index contributed by atoms with van der Waals surface area (Å²) >= 11 is 0. The van der Waals surface area contributed by atoms with Crippen molar-refractivity contribution >= 4 is 110 Å². The number of hydrogen-bond donors (Lipinski definition) is 0. The molecule has 16 rings (SSSR count). The highest BCUT2D eigenvalue weighted by atomic mass is 15.2. The Balaban J connectivity index is 1.06. The SMILES string of the molecule is c1ccc(N(c2ccccc2)c2cc(-c3ccc4c5ccccc5n(-c5ccccc5)c4c3)c3ccc4c(N(c5ccccc5)c5ccccc5)cc(-c5ccc6c7ccccc7n(-c7ccccc7)c6c5)c5ccc2c3c54)cc1. The molecule has 0 unspecified atom stereocenters. The fourth-order valence-electron chi connectivity index (χ4n) is 13.0. The van der Waals surface area contributed by atoms with Crippen LogP contribution >= 0.6 is 0 Å². The summed E-state index contributed by atoms with van der Waals surface area (Å²) in [7, 11) is 0. The van der Waals surface area contributed by atoms with E-state index in [1.165, 1.54) is 75.9 Å². The van der Waals surface area contributed by atoms with Crippen LogP contribution in [0.15, 0.2) is 303 Å². The molecule has 374 valence electrons. The van der Waals surface area contributed by atoms with E-state index < -0.39 is 0 Å². The maximum Gasteiger partial charge on any atom is 0.0547 e. The van der Waals surface area contributed by atoms with E-state index in [1.54, 1.807) is 0 Å². The summed E-state index contributed by atoms with van der Waals surface area (Å²) in [6.45, 7) is 0. The summed E-state index contributed by atoms with van der Waals surface area (Å²) in [5, 5.41) is 12.1. The van der Waals surface area contributed by atoms with Crippen LogP contribution in [0.5, 0.6) is 0 Å². The molecule has 0 radical (unpaired) electrons. The molecule has 0 saturated heterocycles. The predicted molar refractivity (Wildman–Crippen MR) is 339 cm³/mol. The molecule has 0 atom stereocenters. The molecule has 0 N–H and O–H groups in total. The minimum Gasteiger partial charge on any atom is -0.310 e. The third kappa shape index (κ3) is 7.16. The molecule has 2 aromatic heterocycles. The van der Waals surface area contributed by atoms with Gasteiger partial charge in [-0.15, -0.1) is 0 Å². The number of anilines is 6. The lowest BCUT2D eigenvalue weighted by Gasteiger charge is -2.31. The Morgan fingerprint density at radius 2 is 0.500 bits per heavy atom. The number of fused-ring (bicyclic) bond motifs is 6. The Kier molecular flexibility index (Phi) is 10.5. The molecule has 14 aromatic carbocycles. The first-order valence-corrected chi connectivity index (χ1v) is 27.5. The van der Waals surface area contributed by atoms with Gasteiger partial charge >= 0.3 is 0 Å². The molecule has 0 aliphatic rings. The lowest BCUT2D eigenvalue weighted by molar-refractivity contribution is 1.18. The van der Waals surface area contributed by atoms with Crippen molar-refractivity contribution in [2.24, 2.45) is 0 Å². The fourth-order valence-corrected chi connectivity index (χ4v) is 13.0. The second-order valence-electron chi connectivity index (χ2n) is 20.8. The van der Waals surface area contributed by atoms with Gasteiger partial charge in [0.05, 0.1) is 33.4 Å². The van der Waals surface area contributed by atoms with Crippen LogP contribution in [0.1, 0.15) is 0 Å². The first kappa shape index (κ1) is 45.5. The lowest BCUT2D eigenvalue weighted by atomic mass is 9.85. The van der Waals surface area contributed by atoms with Crippen molar-refractivity contribution in [3.05, 3.63) is 303 Å². The molecule has 16 aromatic rings. The fraction of sp³-hybridized carbons (Fsp3) is 0. The normalized spacial score (nSPS) is 11.8. The summed E-state index contributed by atoms with van der Waals surface area (Å²) in [6, 6.07) is 111. The summed E-state index contributed by atoms with van der Waals surface area (Å²) < 4.78 is 4.86. The maximum absolute atomic E-state index is 2.46. The van der Waals surface area contributed by atoms with Crippen LogP contribution in [-0.2, 0) is 0 Å². The number of hydrogen-bond acceptors (Lipinski definition) is 2. The second-order valence-corrected chi connectivity index (χ2v) is 20.8. The molecule has 0 aliphatic carbocycles. The van der Waals surface area contributed by atoms with Gasteiger partial charge in [-0.1, -0.05) is 194 Å². The molecule has 0 spiro atoms. The molecular formula is C76H50N4. The average Bonchev–Trinajstić information content (AvgIpc) is 4.20. The summed E-state index contributed by atoms with van der Waals surface area (Å²) in [5.74, 6) is 0. The lowest BCUT2D eigenvalue weighted by Crippen LogP contribution is -2.12. The number of rotatable bonds is 10. The van der Waals surface area contributed by atoms with E-state index in [9.17, 15) is 0 Å². The highest BCUT2D eigenvalue weighted by Crippen LogP contribution is 2.53. The third-order valence-electron chi connectivity index (χ3n) is 16.4. The van der Waals surface area contributed by atoms with Gasteiger partial charge in [-0.3, -0.25) is 0 Å². The van der Waals surface area contributed by atoms with Crippen LogP contribution < -0.4 is 9.80 Å². The van der Waals surface area contributed by atoms with Crippen molar-refractivity contribution in [1.82, 2.24) is 9.13 Å². The largest absolute Gasteiger partial charge is 0.310 e. The van der Waals surface area contributed by atoms with Crippen molar-refractivity contribution in [3.63, 3.8) is 0 Å². The van der Waals surface area contributed by atoms with Gasteiger partial charge in [0.1, 0.15) is 0 Å². The van der Waals surface area contributed by atoms with Crippen molar-refractivity contribution in [2.45, 2.75) is 0 Å². The third-order valence-corrected chi connectivity index (χ3v) is 16.4. The smallest absolute Gasteiger partial charge is 0.0547 e. The highest BCUT2D eigenvalue weighted by molar-refractivity contribution is 6.33. The van der Waals surface area contributed by atoms with E-state index in [4.69, 9.17) is 0 Å². The Labute approximate surface area is 463 Å². The Bertz CT molecular complexity index is 4580. The van der Waals surface area contributed by atoms with Crippen molar-refractivity contribution in [1.29, 1.82) is 0 Å². The molecule has 2 heterocycles. The van der Waals surface area contributed by atoms with Gasteiger partial charge < -0.3 is 18.9 Å². The monoisotopic (exact) mass is 1020 g/mol. The Hall–Kier alpha value is -10.7. The maximum atomic E-state index is 2.46. The molecule has 0 amide bonds. The van der Waals surface area contributed by atoms with Crippen LogP contribution in [0.2, 0.25) is 0 Å². The van der Waals surface area contributed by atoms with Crippen molar-refractivity contribution in [3.8, 4) is 33.6 Å². The van der Waals surface area contributed by atoms with E-state index in [2.05, 4.69) is 322 Å². The van der Waals surface area contributed by atoms with Crippen LogP contribution in [-0.4, -0.2) is 9.13 Å². The van der Waals surface area contributed by atoms with Gasteiger partial charge in [-0.25, -0.2) is 0 Å². The van der Waals surface area contributed by atoms with E-state index in [0.717, 1.165) is 67.8 Å².